The van der Waals surface area contributed by atoms with Crippen molar-refractivity contribution in [2.24, 2.45) is 0 Å². The summed E-state index contributed by atoms with van der Waals surface area (Å²) in [6, 6.07) is 10.9. The van der Waals surface area contributed by atoms with Gasteiger partial charge in [-0.05, 0) is 30.2 Å². The number of thiazole rings is 1. The quantitative estimate of drug-likeness (QED) is 0.527. The van der Waals surface area contributed by atoms with Crippen LogP contribution in [0.15, 0.2) is 54.2 Å². The molecule has 8 nitrogen and oxygen atoms in total. The molecule has 4 aromatic heterocycles. The normalized spacial score (nSPS) is 10.2. The summed E-state index contributed by atoms with van der Waals surface area (Å²) >= 11 is 1.31. The van der Waals surface area contributed by atoms with E-state index in [0.29, 0.717) is 28.0 Å². The van der Waals surface area contributed by atoms with Crippen LogP contribution in [0.25, 0.3) is 17.2 Å². The van der Waals surface area contributed by atoms with Crippen molar-refractivity contribution in [3.8, 4) is 29.0 Å². The predicted octanol–water partition coefficient (Wildman–Crippen LogP) is 3.19. The molecule has 0 unspecified atom stereocenters. The van der Waals surface area contributed by atoms with E-state index < -0.39 is 0 Å². The largest absolute Gasteiger partial charge is 0.296 e. The van der Waals surface area contributed by atoms with Crippen LogP contribution in [0.3, 0.4) is 0 Å². The molecule has 1 N–H and O–H groups in total. The third-order valence-corrected chi connectivity index (χ3v) is 4.54. The van der Waals surface area contributed by atoms with Gasteiger partial charge >= 0.3 is 0 Å². The lowest BCUT2D eigenvalue weighted by Crippen LogP contribution is -2.17. The van der Waals surface area contributed by atoms with Crippen molar-refractivity contribution < 1.29 is 4.79 Å². The minimum atomic E-state index is -0.378. The topological polar surface area (TPSA) is 98.5 Å². The number of nitrogens with zero attached hydrogens (tertiary/aromatic N) is 6. The Kier molecular flexibility index (Phi) is 5.36. The molecule has 0 saturated heterocycles. The SMILES string of the molecule is CCC#Cc1cccc(-c2csc(NC(=O)c3cnnn3-c3ccccn3)n2)n1. The van der Waals surface area contributed by atoms with Gasteiger partial charge < -0.3 is 0 Å². The average molecular weight is 401 g/mol. The van der Waals surface area contributed by atoms with Crippen LogP contribution in [0.4, 0.5) is 5.13 Å². The summed E-state index contributed by atoms with van der Waals surface area (Å²) in [6.45, 7) is 1.99. The van der Waals surface area contributed by atoms with Crippen molar-refractivity contribution in [3.05, 3.63) is 65.6 Å². The molecule has 0 aromatic carbocycles. The Hall–Kier alpha value is -3.90. The van der Waals surface area contributed by atoms with Crippen LogP contribution in [0.5, 0.6) is 0 Å². The highest BCUT2D eigenvalue weighted by Crippen LogP contribution is 2.24. The van der Waals surface area contributed by atoms with Crippen molar-refractivity contribution in [3.63, 3.8) is 0 Å². The molecule has 0 saturated carbocycles. The number of hydrogen-bond acceptors (Lipinski definition) is 7. The highest BCUT2D eigenvalue weighted by Gasteiger charge is 2.17. The van der Waals surface area contributed by atoms with E-state index in [2.05, 4.69) is 42.4 Å². The second-order valence-corrected chi connectivity index (χ2v) is 6.63. The van der Waals surface area contributed by atoms with Crippen LogP contribution >= 0.6 is 11.3 Å². The molecule has 0 aliphatic rings. The summed E-state index contributed by atoms with van der Waals surface area (Å²) in [6.07, 6.45) is 3.77. The molecule has 29 heavy (non-hydrogen) atoms. The number of rotatable bonds is 4. The van der Waals surface area contributed by atoms with Gasteiger partial charge in [-0.3, -0.25) is 10.1 Å². The third-order valence-electron chi connectivity index (χ3n) is 3.78. The summed E-state index contributed by atoms with van der Waals surface area (Å²) in [7, 11) is 0. The van der Waals surface area contributed by atoms with E-state index in [1.54, 1.807) is 18.3 Å². The lowest BCUT2D eigenvalue weighted by atomic mass is 10.2. The molecule has 0 fully saturated rings. The van der Waals surface area contributed by atoms with Crippen molar-refractivity contribution >= 4 is 22.4 Å². The van der Waals surface area contributed by atoms with Gasteiger partial charge in [-0.2, -0.15) is 4.68 Å². The fourth-order valence-electron chi connectivity index (χ4n) is 2.47. The molecule has 0 aliphatic carbocycles. The molecule has 0 atom stereocenters. The fraction of sp³-hybridized carbons (Fsp3) is 0.100. The van der Waals surface area contributed by atoms with E-state index in [4.69, 9.17) is 0 Å². The van der Waals surface area contributed by atoms with Crippen LogP contribution < -0.4 is 5.32 Å². The molecule has 1 amide bonds. The van der Waals surface area contributed by atoms with Gasteiger partial charge in [-0.15, -0.1) is 16.4 Å². The van der Waals surface area contributed by atoms with Gasteiger partial charge in [-0.1, -0.05) is 30.2 Å². The molecule has 142 valence electrons. The maximum atomic E-state index is 12.7. The Morgan fingerprint density at radius 2 is 2.10 bits per heavy atom. The molecule has 4 heterocycles. The van der Waals surface area contributed by atoms with Crippen LogP contribution in [0.2, 0.25) is 0 Å². The van der Waals surface area contributed by atoms with Gasteiger partial charge in [0.2, 0.25) is 0 Å². The summed E-state index contributed by atoms with van der Waals surface area (Å²) in [5.74, 6) is 6.13. The molecule has 4 aromatic rings. The smallest absolute Gasteiger partial charge is 0.277 e. The van der Waals surface area contributed by atoms with Gasteiger partial charge in [0.1, 0.15) is 11.4 Å². The maximum absolute atomic E-state index is 12.7. The third kappa shape index (κ3) is 4.17. The summed E-state index contributed by atoms with van der Waals surface area (Å²) < 4.78 is 1.38. The molecular weight excluding hydrogens is 386 g/mol. The van der Waals surface area contributed by atoms with E-state index in [1.807, 2.05) is 36.6 Å². The molecule has 9 heteroatoms. The van der Waals surface area contributed by atoms with Crippen molar-refractivity contribution in [2.45, 2.75) is 13.3 Å². The Morgan fingerprint density at radius 1 is 1.17 bits per heavy atom. The van der Waals surface area contributed by atoms with Gasteiger partial charge in [0.25, 0.3) is 5.91 Å². The zero-order chi connectivity index (χ0) is 20.1. The van der Waals surface area contributed by atoms with Crippen LogP contribution in [-0.4, -0.2) is 35.9 Å². The Balaban J connectivity index is 1.53. The number of hydrogen-bond donors (Lipinski definition) is 1. The standard InChI is InChI=1S/C20H15N7OS/c1-2-3-7-14-8-6-9-15(23-14)16-13-29-20(24-16)25-19(28)17-12-22-26-27(17)18-10-4-5-11-21-18/h4-6,8-13H,2H2,1H3,(H,24,25,28). The Bertz CT molecular complexity index is 1200. The first-order valence-corrected chi connectivity index (χ1v) is 9.68. The van der Waals surface area contributed by atoms with Crippen LogP contribution in [0.1, 0.15) is 29.5 Å². The molecule has 4 rings (SSSR count). The van der Waals surface area contributed by atoms with Crippen molar-refractivity contribution in [2.75, 3.05) is 5.32 Å². The molecular formula is C20H15N7OS. The van der Waals surface area contributed by atoms with E-state index in [1.165, 1.54) is 22.2 Å². The first-order chi connectivity index (χ1) is 14.2. The highest BCUT2D eigenvalue weighted by molar-refractivity contribution is 7.14. The molecule has 0 radical (unpaired) electrons. The minimum Gasteiger partial charge on any atom is -0.296 e. The van der Waals surface area contributed by atoms with E-state index in [0.717, 1.165) is 6.42 Å². The number of nitrogens with one attached hydrogen (secondary N) is 1. The summed E-state index contributed by atoms with van der Waals surface area (Å²) in [4.78, 5) is 25.8. The van der Waals surface area contributed by atoms with E-state index in [9.17, 15) is 4.79 Å². The van der Waals surface area contributed by atoms with Crippen molar-refractivity contribution in [1.82, 2.24) is 29.9 Å². The Labute approximate surface area is 170 Å². The maximum Gasteiger partial charge on any atom is 0.277 e. The second-order valence-electron chi connectivity index (χ2n) is 5.77. The number of anilines is 1. The fourth-order valence-corrected chi connectivity index (χ4v) is 3.17. The zero-order valence-electron chi connectivity index (χ0n) is 15.4. The summed E-state index contributed by atoms with van der Waals surface area (Å²) in [5.41, 5.74) is 2.32. The number of aromatic nitrogens is 6. The number of amides is 1. The zero-order valence-corrected chi connectivity index (χ0v) is 16.2. The second kappa shape index (κ2) is 8.41. The first kappa shape index (κ1) is 18.5. The van der Waals surface area contributed by atoms with Gasteiger partial charge in [0.05, 0.1) is 11.9 Å². The average Bonchev–Trinajstić information content (AvgIpc) is 3.43. The number of pyridine rings is 2. The van der Waals surface area contributed by atoms with Gasteiger partial charge in [-0.25, -0.2) is 15.0 Å². The number of carbonyl (C=O) groups excluding carboxylic acids is 1. The molecule has 0 aliphatic heterocycles. The molecule has 0 bridgehead atoms. The first-order valence-electron chi connectivity index (χ1n) is 8.80. The molecule has 0 spiro atoms. The number of carbonyl (C=O) groups is 1. The summed E-state index contributed by atoms with van der Waals surface area (Å²) in [5, 5.41) is 12.8. The highest BCUT2D eigenvalue weighted by atomic mass is 32.1. The van der Waals surface area contributed by atoms with E-state index in [-0.39, 0.29) is 11.6 Å². The van der Waals surface area contributed by atoms with Gasteiger partial charge in [0, 0.05) is 18.0 Å². The van der Waals surface area contributed by atoms with Crippen LogP contribution in [0, 0.1) is 11.8 Å². The monoisotopic (exact) mass is 401 g/mol. The van der Waals surface area contributed by atoms with E-state index >= 15 is 0 Å². The van der Waals surface area contributed by atoms with Gasteiger partial charge in [0.15, 0.2) is 16.6 Å². The van der Waals surface area contributed by atoms with Crippen molar-refractivity contribution in [1.29, 1.82) is 0 Å². The predicted molar refractivity (Wildman–Crippen MR) is 110 cm³/mol. The minimum absolute atomic E-state index is 0.260. The van der Waals surface area contributed by atoms with Crippen LogP contribution in [-0.2, 0) is 0 Å². The lowest BCUT2D eigenvalue weighted by molar-refractivity contribution is 0.101. The lowest BCUT2D eigenvalue weighted by Gasteiger charge is -2.04. The Morgan fingerprint density at radius 3 is 2.93 bits per heavy atom.